The minimum absolute atomic E-state index is 0.756. The molecule has 0 spiro atoms. The lowest BCUT2D eigenvalue weighted by Crippen LogP contribution is -2.16. The first-order valence-corrected chi connectivity index (χ1v) is 14.9. The zero-order valence-corrected chi connectivity index (χ0v) is 23.5. The third kappa shape index (κ3) is 5.74. The summed E-state index contributed by atoms with van der Waals surface area (Å²) in [6.07, 6.45) is 0. The van der Waals surface area contributed by atoms with E-state index in [-0.39, 0.29) is 0 Å². The number of para-hydroxylation sites is 2. The van der Waals surface area contributed by atoms with Gasteiger partial charge in [0.2, 0.25) is 0 Å². The van der Waals surface area contributed by atoms with Crippen molar-refractivity contribution in [1.82, 2.24) is 0 Å². The molecule has 194 valence electrons. The summed E-state index contributed by atoms with van der Waals surface area (Å²) in [7, 11) is -0.830. The van der Waals surface area contributed by atoms with Crippen molar-refractivity contribution in [3.05, 3.63) is 156 Å². The summed E-state index contributed by atoms with van der Waals surface area (Å²) >= 11 is 0. The Morgan fingerprint density at radius 2 is 1.15 bits per heavy atom. The SMILES string of the molecule is COc1ccccc1N=P(/C=C(\Nc1c(C)cccc1C)c1ccccc1)(c1ccccc1)c1ccccc1. The van der Waals surface area contributed by atoms with Gasteiger partial charge in [-0.1, -0.05) is 121 Å². The van der Waals surface area contributed by atoms with Crippen LogP contribution in [0.25, 0.3) is 5.70 Å². The molecule has 0 aliphatic heterocycles. The smallest absolute Gasteiger partial charge is 0.144 e. The van der Waals surface area contributed by atoms with Crippen LogP contribution in [0.15, 0.2) is 144 Å². The van der Waals surface area contributed by atoms with Gasteiger partial charge in [0, 0.05) is 22.0 Å². The summed E-state index contributed by atoms with van der Waals surface area (Å²) in [5, 5.41) is 6.17. The summed E-state index contributed by atoms with van der Waals surface area (Å²) < 4.78 is 11.4. The summed E-state index contributed by atoms with van der Waals surface area (Å²) in [5.74, 6) is 3.12. The van der Waals surface area contributed by atoms with Crippen molar-refractivity contribution < 1.29 is 4.74 Å². The summed E-state index contributed by atoms with van der Waals surface area (Å²) in [4.78, 5) is 0. The highest BCUT2D eigenvalue weighted by Crippen LogP contribution is 2.54. The van der Waals surface area contributed by atoms with Crippen molar-refractivity contribution >= 4 is 34.7 Å². The Hall–Kier alpha value is -4.33. The second kappa shape index (κ2) is 12.0. The number of ether oxygens (including phenoxy) is 1. The van der Waals surface area contributed by atoms with Crippen LogP contribution in [-0.2, 0) is 0 Å². The molecule has 0 aliphatic carbocycles. The van der Waals surface area contributed by atoms with E-state index >= 15 is 0 Å². The molecule has 0 unspecified atom stereocenters. The third-order valence-electron chi connectivity index (χ3n) is 6.79. The highest BCUT2D eigenvalue weighted by molar-refractivity contribution is 7.83. The second-order valence-corrected chi connectivity index (χ2v) is 12.3. The highest BCUT2D eigenvalue weighted by atomic mass is 31.2. The first-order valence-electron chi connectivity index (χ1n) is 13.1. The number of aryl methyl sites for hydroxylation is 2. The normalized spacial score (nSPS) is 11.6. The molecule has 5 rings (SSSR count). The van der Waals surface area contributed by atoms with Gasteiger partial charge in [0.1, 0.15) is 11.4 Å². The van der Waals surface area contributed by atoms with E-state index in [1.165, 1.54) is 21.7 Å². The standard InChI is InChI=1S/C35H33N2OP/c1-27-16-15-17-28(2)35(27)36-33(29-18-7-4-8-19-29)26-39(30-20-9-5-10-21-30,31-22-11-6-12-23-31)37-32-24-13-14-25-34(32)38-3/h4-26,36H,1-3H3/b33-26-. The molecule has 39 heavy (non-hydrogen) atoms. The molecular weight excluding hydrogens is 495 g/mol. The second-order valence-electron chi connectivity index (χ2n) is 9.43. The van der Waals surface area contributed by atoms with Gasteiger partial charge in [0.05, 0.1) is 14.2 Å². The lowest BCUT2D eigenvalue weighted by atomic mass is 10.1. The molecule has 0 fully saturated rings. The zero-order chi connectivity index (χ0) is 27.1. The van der Waals surface area contributed by atoms with E-state index in [0.29, 0.717) is 0 Å². The van der Waals surface area contributed by atoms with Gasteiger partial charge in [-0.3, -0.25) is 4.74 Å². The number of anilines is 1. The lowest BCUT2D eigenvalue weighted by molar-refractivity contribution is 0.416. The van der Waals surface area contributed by atoms with Gasteiger partial charge < -0.3 is 10.1 Å². The Morgan fingerprint density at radius 1 is 0.641 bits per heavy atom. The first-order chi connectivity index (χ1) is 19.1. The topological polar surface area (TPSA) is 33.6 Å². The molecule has 0 saturated heterocycles. The maximum Gasteiger partial charge on any atom is 0.144 e. The average molecular weight is 529 g/mol. The van der Waals surface area contributed by atoms with E-state index in [1.807, 2.05) is 24.3 Å². The average Bonchev–Trinajstić information content (AvgIpc) is 2.99. The molecule has 0 saturated carbocycles. The van der Waals surface area contributed by atoms with Crippen molar-refractivity contribution in [2.75, 3.05) is 12.4 Å². The van der Waals surface area contributed by atoms with Crippen molar-refractivity contribution in [3.63, 3.8) is 0 Å². The molecule has 0 aromatic heterocycles. The number of hydrogen-bond acceptors (Lipinski definition) is 3. The Labute approximate surface area is 231 Å². The third-order valence-corrected chi connectivity index (χ3v) is 10.1. The lowest BCUT2D eigenvalue weighted by Gasteiger charge is -2.26. The van der Waals surface area contributed by atoms with E-state index in [4.69, 9.17) is 9.48 Å². The van der Waals surface area contributed by atoms with E-state index in [1.54, 1.807) is 7.11 Å². The monoisotopic (exact) mass is 528 g/mol. The Morgan fingerprint density at radius 3 is 1.72 bits per heavy atom. The molecule has 3 nitrogen and oxygen atoms in total. The number of benzene rings is 5. The van der Waals surface area contributed by atoms with Crippen molar-refractivity contribution in [1.29, 1.82) is 0 Å². The summed E-state index contributed by atoms with van der Waals surface area (Å²) in [6, 6.07) is 46.2. The van der Waals surface area contributed by atoms with E-state index < -0.39 is 7.05 Å². The predicted molar refractivity (Wildman–Crippen MR) is 168 cm³/mol. The van der Waals surface area contributed by atoms with Crippen molar-refractivity contribution in [2.45, 2.75) is 13.8 Å². The molecule has 0 heterocycles. The molecule has 1 N–H and O–H groups in total. The quantitative estimate of drug-likeness (QED) is 0.204. The van der Waals surface area contributed by atoms with Crippen LogP contribution in [0.2, 0.25) is 0 Å². The molecule has 0 atom stereocenters. The maximum atomic E-state index is 5.77. The predicted octanol–water partition coefficient (Wildman–Crippen LogP) is 8.91. The Balaban J connectivity index is 1.89. The molecule has 0 aliphatic rings. The van der Waals surface area contributed by atoms with Crippen LogP contribution in [0, 0.1) is 13.8 Å². The van der Waals surface area contributed by atoms with Crippen LogP contribution in [0.4, 0.5) is 11.4 Å². The van der Waals surface area contributed by atoms with Gasteiger partial charge in [-0.2, -0.15) is 0 Å². The molecule has 0 amide bonds. The number of rotatable bonds is 8. The highest BCUT2D eigenvalue weighted by Gasteiger charge is 2.25. The minimum Gasteiger partial charge on any atom is -0.494 e. The van der Waals surface area contributed by atoms with Crippen LogP contribution in [0.1, 0.15) is 16.7 Å². The molecule has 5 aromatic carbocycles. The van der Waals surface area contributed by atoms with Crippen LogP contribution < -0.4 is 20.7 Å². The zero-order valence-electron chi connectivity index (χ0n) is 22.6. The largest absolute Gasteiger partial charge is 0.494 e. The number of methoxy groups -OCH3 is 1. The van der Waals surface area contributed by atoms with Gasteiger partial charge in [0.25, 0.3) is 0 Å². The van der Waals surface area contributed by atoms with Crippen molar-refractivity contribution in [2.24, 2.45) is 4.74 Å². The van der Waals surface area contributed by atoms with Gasteiger partial charge in [-0.25, -0.2) is 0 Å². The maximum absolute atomic E-state index is 5.77. The van der Waals surface area contributed by atoms with Crippen LogP contribution in [0.3, 0.4) is 0 Å². The van der Waals surface area contributed by atoms with Crippen LogP contribution >= 0.6 is 7.05 Å². The number of hydrogen-bond donors (Lipinski definition) is 1. The van der Waals surface area contributed by atoms with Gasteiger partial charge in [-0.15, -0.1) is 0 Å². The first kappa shape index (κ1) is 26.3. The van der Waals surface area contributed by atoms with Gasteiger partial charge >= 0.3 is 0 Å². The van der Waals surface area contributed by atoms with Crippen LogP contribution in [0.5, 0.6) is 5.75 Å². The van der Waals surface area contributed by atoms with E-state index in [2.05, 4.69) is 134 Å². The molecule has 4 heteroatoms. The molecule has 5 aromatic rings. The summed E-state index contributed by atoms with van der Waals surface area (Å²) in [6.45, 7) is 4.29. The minimum atomic E-state index is -2.53. The van der Waals surface area contributed by atoms with Crippen molar-refractivity contribution in [3.8, 4) is 5.75 Å². The molecule has 0 radical (unpaired) electrons. The Kier molecular flexibility index (Phi) is 8.10. The fraction of sp³-hybridized carbons (Fsp3) is 0.0857. The van der Waals surface area contributed by atoms with Gasteiger partial charge in [-0.05, 0) is 48.5 Å². The summed E-state index contributed by atoms with van der Waals surface area (Å²) in [5.41, 5.74) is 6.46. The van der Waals surface area contributed by atoms with Crippen LogP contribution in [-0.4, -0.2) is 7.11 Å². The van der Waals surface area contributed by atoms with E-state index in [9.17, 15) is 0 Å². The fourth-order valence-electron chi connectivity index (χ4n) is 4.77. The molecular formula is C35H33N2OP. The van der Waals surface area contributed by atoms with Gasteiger partial charge in [0.15, 0.2) is 0 Å². The number of nitrogens with zero attached hydrogens (tertiary/aromatic N) is 1. The van der Waals surface area contributed by atoms with E-state index in [0.717, 1.165) is 28.4 Å². The Bertz CT molecular complexity index is 1560. The molecule has 0 bridgehead atoms. The number of nitrogens with one attached hydrogen (secondary N) is 1. The fourth-order valence-corrected chi connectivity index (χ4v) is 8.00.